The van der Waals surface area contributed by atoms with Crippen molar-refractivity contribution >= 4 is 29.8 Å². The van der Waals surface area contributed by atoms with E-state index in [1.165, 1.54) is 6.34 Å². The third-order valence-corrected chi connectivity index (χ3v) is 1.22. The van der Waals surface area contributed by atoms with Gasteiger partial charge in [0.15, 0.2) is 0 Å². The van der Waals surface area contributed by atoms with E-state index < -0.39 is 11.7 Å². The fourth-order valence-electron chi connectivity index (χ4n) is 0.591. The highest BCUT2D eigenvalue weighted by Gasteiger charge is 2.16. The quantitative estimate of drug-likeness (QED) is 0.421. The number of hydrogen-bond donors (Lipinski definition) is 1. The van der Waals surface area contributed by atoms with E-state index in [1.807, 2.05) is 0 Å². The first-order valence-corrected chi connectivity index (χ1v) is 4.86. The van der Waals surface area contributed by atoms with Gasteiger partial charge in [-0.1, -0.05) is 0 Å². The molecule has 0 aliphatic heterocycles. The van der Waals surface area contributed by atoms with Crippen molar-refractivity contribution in [1.29, 1.82) is 0 Å². The van der Waals surface area contributed by atoms with Crippen LogP contribution in [-0.4, -0.2) is 42.1 Å². The first kappa shape index (κ1) is 13.8. The Morgan fingerprint density at radius 3 is 2.40 bits per heavy atom. The standard InChI is InChI=1S/C9H17N3O2S/c1-9(2,3)14-8(13)11-7(15)10-6-12(4)5/h6H,1-5H3,(H,11,13,15)/b10-6+. The summed E-state index contributed by atoms with van der Waals surface area (Å²) >= 11 is 4.80. The molecule has 1 N–H and O–H groups in total. The molecule has 0 fully saturated rings. The first-order valence-electron chi connectivity index (χ1n) is 4.45. The Kier molecular flexibility index (Phi) is 5.21. The highest BCUT2D eigenvalue weighted by atomic mass is 32.1. The lowest BCUT2D eigenvalue weighted by Gasteiger charge is -2.19. The van der Waals surface area contributed by atoms with E-state index >= 15 is 0 Å². The van der Waals surface area contributed by atoms with Crippen molar-refractivity contribution in [2.24, 2.45) is 4.99 Å². The SMILES string of the molecule is CN(C)/C=N/C(=S)NC(=O)OC(C)(C)C. The van der Waals surface area contributed by atoms with Gasteiger partial charge in [0.05, 0.1) is 6.34 Å². The van der Waals surface area contributed by atoms with Crippen molar-refractivity contribution in [2.75, 3.05) is 14.1 Å². The minimum atomic E-state index is -0.594. The molecule has 0 aliphatic rings. The van der Waals surface area contributed by atoms with Gasteiger partial charge in [-0.3, -0.25) is 5.32 Å². The number of thiocarbonyl (C=S) groups is 1. The Morgan fingerprint density at radius 1 is 1.47 bits per heavy atom. The number of nitrogens with one attached hydrogen (secondary N) is 1. The van der Waals surface area contributed by atoms with Gasteiger partial charge in [-0.25, -0.2) is 9.79 Å². The van der Waals surface area contributed by atoms with Crippen LogP contribution in [0.1, 0.15) is 20.8 Å². The van der Waals surface area contributed by atoms with Gasteiger partial charge in [0, 0.05) is 14.1 Å². The third kappa shape index (κ3) is 9.14. The largest absolute Gasteiger partial charge is 0.444 e. The average molecular weight is 231 g/mol. The second kappa shape index (κ2) is 5.65. The van der Waals surface area contributed by atoms with Crippen LogP contribution in [0.15, 0.2) is 4.99 Å². The van der Waals surface area contributed by atoms with Crippen LogP contribution < -0.4 is 5.32 Å². The molecule has 0 atom stereocenters. The van der Waals surface area contributed by atoms with Gasteiger partial charge in [0.25, 0.3) is 0 Å². The lowest BCUT2D eigenvalue weighted by Crippen LogP contribution is -2.35. The Bertz CT molecular complexity index is 269. The van der Waals surface area contributed by atoms with Crippen LogP contribution in [0.4, 0.5) is 4.79 Å². The minimum absolute atomic E-state index is 0.0814. The van der Waals surface area contributed by atoms with Gasteiger partial charge in [-0.2, -0.15) is 0 Å². The summed E-state index contributed by atoms with van der Waals surface area (Å²) in [6.45, 7) is 5.33. The molecule has 0 radical (unpaired) electrons. The summed E-state index contributed by atoms with van der Waals surface area (Å²) in [5, 5.41) is 2.42. The summed E-state index contributed by atoms with van der Waals surface area (Å²) in [5.41, 5.74) is -0.537. The van der Waals surface area contributed by atoms with E-state index in [9.17, 15) is 4.79 Å². The molecule has 0 spiro atoms. The van der Waals surface area contributed by atoms with Gasteiger partial charge in [0.1, 0.15) is 5.60 Å². The molecule has 6 heteroatoms. The van der Waals surface area contributed by atoms with Crippen molar-refractivity contribution in [3.05, 3.63) is 0 Å². The summed E-state index contributed by atoms with van der Waals surface area (Å²) < 4.78 is 4.99. The molecule has 0 aliphatic carbocycles. The molecule has 0 unspecified atom stereocenters. The zero-order valence-electron chi connectivity index (χ0n) is 9.70. The van der Waals surface area contributed by atoms with Crippen molar-refractivity contribution in [3.8, 4) is 0 Å². The molecule has 0 bridgehead atoms. The highest BCUT2D eigenvalue weighted by Crippen LogP contribution is 2.06. The van der Waals surface area contributed by atoms with Gasteiger partial charge in [0.2, 0.25) is 5.11 Å². The number of carbonyl (C=O) groups is 1. The van der Waals surface area contributed by atoms with Crippen molar-refractivity contribution in [2.45, 2.75) is 26.4 Å². The third-order valence-electron chi connectivity index (χ3n) is 1.01. The molecule has 0 aromatic rings. The Morgan fingerprint density at radius 2 is 2.00 bits per heavy atom. The fourth-order valence-corrected chi connectivity index (χ4v) is 0.722. The molecular weight excluding hydrogens is 214 g/mol. The normalized spacial score (nSPS) is 11.3. The molecule has 15 heavy (non-hydrogen) atoms. The van der Waals surface area contributed by atoms with Crippen LogP contribution in [0.5, 0.6) is 0 Å². The van der Waals surface area contributed by atoms with E-state index in [2.05, 4.69) is 10.3 Å². The maximum atomic E-state index is 11.2. The Labute approximate surface area is 95.5 Å². The van der Waals surface area contributed by atoms with Crippen LogP contribution in [0.25, 0.3) is 0 Å². The summed E-state index contributed by atoms with van der Waals surface area (Å²) in [6, 6.07) is 0. The maximum Gasteiger partial charge on any atom is 0.413 e. The number of ether oxygens (including phenoxy) is 1. The fraction of sp³-hybridized carbons (Fsp3) is 0.667. The van der Waals surface area contributed by atoms with Gasteiger partial charge in [-0.05, 0) is 33.0 Å². The molecule has 0 heterocycles. The zero-order chi connectivity index (χ0) is 12.1. The van der Waals surface area contributed by atoms with Gasteiger partial charge >= 0.3 is 6.09 Å². The summed E-state index contributed by atoms with van der Waals surface area (Å²) in [4.78, 5) is 16.7. The summed E-state index contributed by atoms with van der Waals surface area (Å²) in [6.07, 6.45) is 0.906. The summed E-state index contributed by atoms with van der Waals surface area (Å²) in [5.74, 6) is 0. The number of hydrogen-bond acceptors (Lipinski definition) is 3. The maximum absolute atomic E-state index is 11.2. The van der Waals surface area contributed by atoms with Crippen molar-refractivity contribution in [1.82, 2.24) is 10.2 Å². The molecule has 1 amide bonds. The van der Waals surface area contributed by atoms with E-state index in [4.69, 9.17) is 17.0 Å². The van der Waals surface area contributed by atoms with Gasteiger partial charge < -0.3 is 9.64 Å². The van der Waals surface area contributed by atoms with E-state index in [0.29, 0.717) is 0 Å². The molecule has 0 saturated heterocycles. The molecule has 0 aromatic heterocycles. The predicted molar refractivity (Wildman–Crippen MR) is 64.1 cm³/mol. The van der Waals surface area contributed by atoms with Crippen LogP contribution in [0.3, 0.4) is 0 Å². The number of nitrogens with zero attached hydrogens (tertiary/aromatic N) is 2. The number of amides is 1. The van der Waals surface area contributed by atoms with Crippen LogP contribution in [0, 0.1) is 0 Å². The second-order valence-corrected chi connectivity index (χ2v) is 4.53. The zero-order valence-corrected chi connectivity index (χ0v) is 10.5. The van der Waals surface area contributed by atoms with Crippen molar-refractivity contribution < 1.29 is 9.53 Å². The Balaban J connectivity index is 4.03. The first-order chi connectivity index (χ1) is 6.70. The number of aliphatic imine (C=N–C) groups is 1. The van der Waals surface area contributed by atoms with Crippen LogP contribution in [-0.2, 0) is 4.74 Å². The van der Waals surface area contributed by atoms with E-state index in [0.717, 1.165) is 0 Å². The molecule has 86 valence electrons. The lowest BCUT2D eigenvalue weighted by atomic mass is 10.2. The smallest absolute Gasteiger partial charge is 0.413 e. The number of carbonyl (C=O) groups excluding carboxylic acids is 1. The predicted octanol–water partition coefficient (Wildman–Crippen LogP) is 1.39. The monoisotopic (exact) mass is 231 g/mol. The summed E-state index contributed by atoms with van der Waals surface area (Å²) in [7, 11) is 3.61. The lowest BCUT2D eigenvalue weighted by molar-refractivity contribution is 0.0564. The average Bonchev–Trinajstić information content (AvgIpc) is 1.96. The van der Waals surface area contributed by atoms with Gasteiger partial charge in [-0.15, -0.1) is 0 Å². The van der Waals surface area contributed by atoms with Crippen LogP contribution in [0.2, 0.25) is 0 Å². The minimum Gasteiger partial charge on any atom is -0.444 e. The van der Waals surface area contributed by atoms with Crippen LogP contribution >= 0.6 is 12.2 Å². The molecule has 5 nitrogen and oxygen atoms in total. The molecule has 0 aromatic carbocycles. The van der Waals surface area contributed by atoms with Crippen molar-refractivity contribution in [3.63, 3.8) is 0 Å². The van der Waals surface area contributed by atoms with E-state index in [1.54, 1.807) is 39.8 Å². The topological polar surface area (TPSA) is 53.9 Å². The molecule has 0 rings (SSSR count). The highest BCUT2D eigenvalue weighted by molar-refractivity contribution is 7.80. The number of alkyl carbamates (subject to hydrolysis) is 1. The molecule has 0 saturated carbocycles. The molecular formula is C9H17N3O2S. The second-order valence-electron chi connectivity index (χ2n) is 4.14. The van der Waals surface area contributed by atoms with E-state index in [-0.39, 0.29) is 5.11 Å². The number of rotatable bonds is 1. The Hall–Kier alpha value is -1.17.